The van der Waals surface area contributed by atoms with Gasteiger partial charge in [-0.1, -0.05) is 60.7 Å². The van der Waals surface area contributed by atoms with E-state index >= 15 is 0 Å². The van der Waals surface area contributed by atoms with Gasteiger partial charge in [-0.15, -0.1) is 11.8 Å². The summed E-state index contributed by atoms with van der Waals surface area (Å²) in [6.45, 7) is 0. The number of amides is 1. The number of para-hydroxylation sites is 1. The van der Waals surface area contributed by atoms with Gasteiger partial charge in [0, 0.05) is 4.90 Å². The van der Waals surface area contributed by atoms with Crippen molar-refractivity contribution in [3.05, 3.63) is 96.1 Å². The van der Waals surface area contributed by atoms with Gasteiger partial charge >= 0.3 is 0 Å². The molecule has 0 heterocycles. The summed E-state index contributed by atoms with van der Waals surface area (Å²) in [4.78, 5) is 14.0. The first kappa shape index (κ1) is 16.8. The highest BCUT2D eigenvalue weighted by Gasteiger charge is 2.22. The van der Waals surface area contributed by atoms with Crippen LogP contribution in [0.3, 0.4) is 0 Å². The first-order chi connectivity index (χ1) is 12.3. The molecule has 3 rings (SSSR count). The molecule has 1 atom stereocenters. The lowest BCUT2D eigenvalue weighted by Gasteiger charge is -2.17. The summed E-state index contributed by atoms with van der Waals surface area (Å²) in [6.07, 6.45) is 0. The molecule has 0 spiro atoms. The quantitative estimate of drug-likeness (QED) is 0.660. The first-order valence-electron chi connectivity index (χ1n) is 7.84. The van der Waals surface area contributed by atoms with Gasteiger partial charge in [0.25, 0.3) is 0 Å². The number of anilines is 1. The molecule has 25 heavy (non-hydrogen) atoms. The van der Waals surface area contributed by atoms with Gasteiger partial charge in [-0.3, -0.25) is 4.79 Å². The average Bonchev–Trinajstić information content (AvgIpc) is 2.68. The van der Waals surface area contributed by atoms with Crippen LogP contribution in [0, 0.1) is 11.3 Å². The number of nitrogens with zero attached hydrogens (tertiary/aromatic N) is 1. The largest absolute Gasteiger partial charge is 0.324 e. The van der Waals surface area contributed by atoms with Crippen molar-refractivity contribution < 1.29 is 4.79 Å². The van der Waals surface area contributed by atoms with Gasteiger partial charge in [0.15, 0.2) is 0 Å². The monoisotopic (exact) mass is 344 g/mol. The third kappa shape index (κ3) is 4.28. The topological polar surface area (TPSA) is 52.9 Å². The van der Waals surface area contributed by atoms with E-state index in [1.54, 1.807) is 24.3 Å². The molecule has 3 aromatic carbocycles. The van der Waals surface area contributed by atoms with Crippen LogP contribution in [0.2, 0.25) is 0 Å². The third-order valence-corrected chi connectivity index (χ3v) is 4.91. The molecule has 122 valence electrons. The number of hydrogen-bond acceptors (Lipinski definition) is 3. The second kappa shape index (κ2) is 8.18. The lowest BCUT2D eigenvalue weighted by atomic mass is 10.1. The summed E-state index contributed by atoms with van der Waals surface area (Å²) in [5.74, 6) is -0.150. The van der Waals surface area contributed by atoms with E-state index in [9.17, 15) is 10.1 Å². The maximum Gasteiger partial charge on any atom is 0.242 e. The molecule has 0 unspecified atom stereocenters. The fourth-order valence-corrected chi connectivity index (χ4v) is 3.47. The summed E-state index contributed by atoms with van der Waals surface area (Å²) >= 11 is 1.49. The van der Waals surface area contributed by atoms with Crippen LogP contribution in [-0.4, -0.2) is 5.91 Å². The molecule has 0 saturated carbocycles. The van der Waals surface area contributed by atoms with E-state index in [-0.39, 0.29) is 5.91 Å². The van der Waals surface area contributed by atoms with Crippen molar-refractivity contribution in [1.82, 2.24) is 0 Å². The van der Waals surface area contributed by atoms with E-state index in [0.29, 0.717) is 11.3 Å². The van der Waals surface area contributed by atoms with Crippen molar-refractivity contribution in [3.63, 3.8) is 0 Å². The van der Waals surface area contributed by atoms with E-state index in [4.69, 9.17) is 0 Å². The fourth-order valence-electron chi connectivity index (χ4n) is 2.42. The Morgan fingerprint density at radius 1 is 0.880 bits per heavy atom. The molecule has 1 N–H and O–H groups in total. The smallest absolute Gasteiger partial charge is 0.242 e. The third-order valence-electron chi connectivity index (χ3n) is 3.64. The SMILES string of the molecule is N#Cc1ccccc1NC(=O)[C@@H](Sc1ccccc1)c1ccccc1. The molecule has 0 bridgehead atoms. The molecule has 0 aromatic heterocycles. The Bertz CT molecular complexity index is 889. The first-order valence-corrected chi connectivity index (χ1v) is 8.72. The number of nitriles is 1. The number of nitrogens with one attached hydrogen (secondary N) is 1. The van der Waals surface area contributed by atoms with E-state index in [2.05, 4.69) is 11.4 Å². The molecular weight excluding hydrogens is 328 g/mol. The lowest BCUT2D eigenvalue weighted by molar-refractivity contribution is -0.115. The van der Waals surface area contributed by atoms with Crippen molar-refractivity contribution in [2.45, 2.75) is 10.1 Å². The Morgan fingerprint density at radius 2 is 1.48 bits per heavy atom. The van der Waals surface area contributed by atoms with Crippen molar-refractivity contribution in [3.8, 4) is 6.07 Å². The van der Waals surface area contributed by atoms with E-state index in [1.807, 2.05) is 60.7 Å². The van der Waals surface area contributed by atoms with Gasteiger partial charge in [0.05, 0.1) is 11.3 Å². The Hall–Kier alpha value is -3.03. The minimum absolute atomic E-state index is 0.150. The number of carbonyl (C=O) groups is 1. The Morgan fingerprint density at radius 3 is 2.16 bits per heavy atom. The summed E-state index contributed by atoms with van der Waals surface area (Å²) in [6, 6.07) is 28.6. The average molecular weight is 344 g/mol. The highest BCUT2D eigenvalue weighted by Crippen LogP contribution is 2.36. The second-order valence-corrected chi connectivity index (χ2v) is 6.55. The van der Waals surface area contributed by atoms with Crippen molar-refractivity contribution >= 4 is 23.4 Å². The van der Waals surface area contributed by atoms with Crippen LogP contribution < -0.4 is 5.32 Å². The van der Waals surface area contributed by atoms with Gasteiger partial charge in [0.1, 0.15) is 11.3 Å². The minimum Gasteiger partial charge on any atom is -0.324 e. The van der Waals surface area contributed by atoms with Gasteiger partial charge in [0.2, 0.25) is 5.91 Å². The highest BCUT2D eigenvalue weighted by atomic mass is 32.2. The molecule has 0 fully saturated rings. The van der Waals surface area contributed by atoms with Crippen LogP contribution in [0.25, 0.3) is 0 Å². The maximum absolute atomic E-state index is 12.9. The molecule has 0 aliphatic heterocycles. The Labute approximate surface area is 151 Å². The van der Waals surface area contributed by atoms with E-state index in [1.165, 1.54) is 11.8 Å². The molecule has 3 nitrogen and oxygen atoms in total. The van der Waals surface area contributed by atoms with Gasteiger partial charge in [-0.25, -0.2) is 0 Å². The zero-order chi connectivity index (χ0) is 17.5. The van der Waals surface area contributed by atoms with Crippen LogP contribution in [0.1, 0.15) is 16.4 Å². The fraction of sp³-hybridized carbons (Fsp3) is 0.0476. The predicted molar refractivity (Wildman–Crippen MR) is 101 cm³/mol. The molecule has 0 aliphatic rings. The molecule has 0 aliphatic carbocycles. The van der Waals surface area contributed by atoms with Gasteiger partial charge in [-0.2, -0.15) is 5.26 Å². The highest BCUT2D eigenvalue weighted by molar-refractivity contribution is 8.00. The number of hydrogen-bond donors (Lipinski definition) is 1. The zero-order valence-corrected chi connectivity index (χ0v) is 14.2. The molecule has 3 aromatic rings. The molecular formula is C21H16N2OS. The van der Waals surface area contributed by atoms with E-state index in [0.717, 1.165) is 10.5 Å². The van der Waals surface area contributed by atoms with Crippen LogP contribution in [0.5, 0.6) is 0 Å². The maximum atomic E-state index is 12.9. The van der Waals surface area contributed by atoms with Crippen molar-refractivity contribution in [1.29, 1.82) is 5.26 Å². The van der Waals surface area contributed by atoms with Crippen LogP contribution in [-0.2, 0) is 4.79 Å². The molecule has 4 heteroatoms. The number of carbonyl (C=O) groups excluding carboxylic acids is 1. The van der Waals surface area contributed by atoms with Crippen molar-refractivity contribution in [2.24, 2.45) is 0 Å². The number of benzene rings is 3. The molecule has 0 saturated heterocycles. The predicted octanol–water partition coefficient (Wildman–Crippen LogP) is 5.03. The Balaban J connectivity index is 1.88. The van der Waals surface area contributed by atoms with Crippen LogP contribution in [0.15, 0.2) is 89.8 Å². The summed E-state index contributed by atoms with van der Waals surface area (Å²) < 4.78 is 0. The lowest BCUT2D eigenvalue weighted by Crippen LogP contribution is -2.19. The second-order valence-electron chi connectivity index (χ2n) is 5.37. The summed E-state index contributed by atoms with van der Waals surface area (Å²) in [5.41, 5.74) is 1.90. The van der Waals surface area contributed by atoms with Gasteiger partial charge < -0.3 is 5.32 Å². The normalized spacial score (nSPS) is 11.3. The van der Waals surface area contributed by atoms with Crippen LogP contribution >= 0.6 is 11.8 Å². The number of thioether (sulfide) groups is 1. The Kier molecular flexibility index (Phi) is 5.50. The number of rotatable bonds is 5. The molecule has 0 radical (unpaired) electrons. The summed E-state index contributed by atoms with van der Waals surface area (Å²) in [7, 11) is 0. The van der Waals surface area contributed by atoms with Gasteiger partial charge in [-0.05, 0) is 29.8 Å². The van der Waals surface area contributed by atoms with Crippen molar-refractivity contribution in [2.75, 3.05) is 5.32 Å². The molecule has 1 amide bonds. The zero-order valence-electron chi connectivity index (χ0n) is 13.4. The summed E-state index contributed by atoms with van der Waals surface area (Å²) in [5, 5.41) is 11.7. The standard InChI is InChI=1S/C21H16N2OS/c22-15-17-11-7-8-14-19(17)23-21(24)20(16-9-3-1-4-10-16)25-18-12-5-2-6-13-18/h1-14,20H,(H,23,24)/t20-/m0/s1. The van der Waals surface area contributed by atoms with Crippen LogP contribution in [0.4, 0.5) is 5.69 Å². The minimum atomic E-state index is -0.407. The van der Waals surface area contributed by atoms with E-state index < -0.39 is 5.25 Å².